The zero-order chi connectivity index (χ0) is 16.3. The lowest BCUT2D eigenvalue weighted by Gasteiger charge is -2.34. The van der Waals surface area contributed by atoms with Gasteiger partial charge in [0.2, 0.25) is 0 Å². The molecule has 0 spiro atoms. The number of ether oxygens (including phenoxy) is 2. The van der Waals surface area contributed by atoms with E-state index in [4.69, 9.17) is 9.47 Å². The average molecular weight is 316 g/mol. The quantitative estimate of drug-likeness (QED) is 0.892. The summed E-state index contributed by atoms with van der Waals surface area (Å²) in [6.45, 7) is 5.25. The largest absolute Gasteiger partial charge is 0.493 e. The SMILES string of the molecule is COc1cccc2c1OCC(C(=O)NCC1(C)CCNCC1)=C2. The maximum absolute atomic E-state index is 12.4. The van der Waals surface area contributed by atoms with E-state index < -0.39 is 0 Å². The smallest absolute Gasteiger partial charge is 0.250 e. The number of nitrogens with one attached hydrogen (secondary N) is 2. The van der Waals surface area contributed by atoms with Gasteiger partial charge in [-0.3, -0.25) is 4.79 Å². The maximum atomic E-state index is 12.4. The first-order valence-corrected chi connectivity index (χ1v) is 8.11. The van der Waals surface area contributed by atoms with Gasteiger partial charge in [0.15, 0.2) is 11.5 Å². The molecule has 5 nitrogen and oxygen atoms in total. The Labute approximate surface area is 137 Å². The molecule has 1 aromatic rings. The van der Waals surface area contributed by atoms with E-state index in [-0.39, 0.29) is 17.9 Å². The van der Waals surface area contributed by atoms with Crippen molar-refractivity contribution in [3.05, 3.63) is 29.3 Å². The minimum atomic E-state index is -0.0433. The predicted octanol–water partition coefficient (Wildman–Crippen LogP) is 1.98. The molecule has 0 saturated carbocycles. The van der Waals surface area contributed by atoms with Crippen molar-refractivity contribution in [1.29, 1.82) is 0 Å². The molecule has 0 atom stereocenters. The number of amides is 1. The summed E-state index contributed by atoms with van der Waals surface area (Å²) in [6, 6.07) is 5.68. The van der Waals surface area contributed by atoms with Crippen LogP contribution in [0.2, 0.25) is 0 Å². The number of methoxy groups -OCH3 is 1. The Morgan fingerprint density at radius 1 is 1.39 bits per heavy atom. The molecule has 0 bridgehead atoms. The van der Waals surface area contributed by atoms with Gasteiger partial charge >= 0.3 is 0 Å². The number of rotatable bonds is 4. The highest BCUT2D eigenvalue weighted by Crippen LogP contribution is 2.35. The van der Waals surface area contributed by atoms with E-state index in [1.165, 1.54) is 0 Å². The fourth-order valence-electron chi connectivity index (χ4n) is 3.09. The Kier molecular flexibility index (Phi) is 4.57. The van der Waals surface area contributed by atoms with Crippen molar-refractivity contribution in [2.75, 3.05) is 33.4 Å². The van der Waals surface area contributed by atoms with Crippen molar-refractivity contribution in [1.82, 2.24) is 10.6 Å². The normalized spacial score (nSPS) is 19.1. The van der Waals surface area contributed by atoms with Crippen LogP contribution in [0.15, 0.2) is 23.8 Å². The van der Waals surface area contributed by atoms with Crippen LogP contribution in [0.4, 0.5) is 0 Å². The molecule has 1 aromatic carbocycles. The van der Waals surface area contributed by atoms with Gasteiger partial charge in [0.1, 0.15) is 6.61 Å². The number of hydrogen-bond donors (Lipinski definition) is 2. The van der Waals surface area contributed by atoms with Gasteiger partial charge in [0.05, 0.1) is 12.7 Å². The monoisotopic (exact) mass is 316 g/mol. The van der Waals surface area contributed by atoms with Crippen LogP contribution in [0.1, 0.15) is 25.3 Å². The first-order valence-electron chi connectivity index (χ1n) is 8.11. The molecule has 1 saturated heterocycles. The van der Waals surface area contributed by atoms with Crippen LogP contribution >= 0.6 is 0 Å². The summed E-state index contributed by atoms with van der Waals surface area (Å²) in [6.07, 6.45) is 4.06. The molecule has 0 unspecified atom stereocenters. The van der Waals surface area contributed by atoms with Crippen molar-refractivity contribution >= 4 is 12.0 Å². The molecule has 5 heteroatoms. The van der Waals surface area contributed by atoms with Crippen LogP contribution in [0, 0.1) is 5.41 Å². The predicted molar refractivity (Wildman–Crippen MR) is 89.7 cm³/mol. The molecule has 2 aliphatic rings. The third kappa shape index (κ3) is 3.50. The van der Waals surface area contributed by atoms with Crippen LogP contribution < -0.4 is 20.1 Å². The molecule has 0 aromatic heterocycles. The Morgan fingerprint density at radius 3 is 2.91 bits per heavy atom. The number of hydrogen-bond acceptors (Lipinski definition) is 4. The zero-order valence-corrected chi connectivity index (χ0v) is 13.8. The summed E-state index contributed by atoms with van der Waals surface area (Å²) in [4.78, 5) is 12.4. The zero-order valence-electron chi connectivity index (χ0n) is 13.8. The first kappa shape index (κ1) is 15.9. The van der Waals surface area contributed by atoms with Crippen molar-refractivity contribution in [2.45, 2.75) is 19.8 Å². The van der Waals surface area contributed by atoms with Crippen LogP contribution in [0.25, 0.3) is 6.08 Å². The third-order valence-corrected chi connectivity index (χ3v) is 4.71. The van der Waals surface area contributed by atoms with Gasteiger partial charge < -0.3 is 20.1 Å². The van der Waals surface area contributed by atoms with Crippen molar-refractivity contribution in [3.63, 3.8) is 0 Å². The minimum Gasteiger partial charge on any atom is -0.493 e. The van der Waals surface area contributed by atoms with Gasteiger partial charge in [-0.15, -0.1) is 0 Å². The lowest BCUT2D eigenvalue weighted by atomic mass is 9.81. The van der Waals surface area contributed by atoms with E-state index in [0.717, 1.165) is 31.5 Å². The summed E-state index contributed by atoms with van der Waals surface area (Å²) in [7, 11) is 1.62. The summed E-state index contributed by atoms with van der Waals surface area (Å²) >= 11 is 0. The van der Waals surface area contributed by atoms with E-state index in [1.54, 1.807) is 7.11 Å². The van der Waals surface area contributed by atoms with Gasteiger partial charge in [-0.2, -0.15) is 0 Å². The molecule has 1 amide bonds. The topological polar surface area (TPSA) is 59.6 Å². The number of carbonyl (C=O) groups excluding carboxylic acids is 1. The van der Waals surface area contributed by atoms with Gasteiger partial charge in [0, 0.05) is 12.1 Å². The lowest BCUT2D eigenvalue weighted by molar-refractivity contribution is -0.118. The Balaban J connectivity index is 1.67. The van der Waals surface area contributed by atoms with Crippen LogP contribution in [-0.4, -0.2) is 39.3 Å². The number of benzene rings is 1. The number of carbonyl (C=O) groups is 1. The molecular weight excluding hydrogens is 292 g/mol. The van der Waals surface area contributed by atoms with Crippen molar-refractivity contribution in [3.8, 4) is 11.5 Å². The molecule has 0 aliphatic carbocycles. The van der Waals surface area contributed by atoms with Gasteiger partial charge in [-0.05, 0) is 43.5 Å². The van der Waals surface area contributed by atoms with E-state index in [0.29, 0.717) is 23.6 Å². The summed E-state index contributed by atoms with van der Waals surface area (Å²) in [5.41, 5.74) is 1.72. The van der Waals surface area contributed by atoms with Crippen LogP contribution in [0.5, 0.6) is 11.5 Å². The maximum Gasteiger partial charge on any atom is 0.250 e. The highest BCUT2D eigenvalue weighted by Gasteiger charge is 2.28. The first-order chi connectivity index (χ1) is 11.1. The third-order valence-electron chi connectivity index (χ3n) is 4.71. The Hall–Kier alpha value is -2.01. The molecule has 2 heterocycles. The van der Waals surface area contributed by atoms with E-state index in [1.807, 2.05) is 24.3 Å². The summed E-state index contributed by atoms with van der Waals surface area (Å²) in [5.74, 6) is 1.36. The molecule has 0 radical (unpaired) electrons. The lowest BCUT2D eigenvalue weighted by Crippen LogP contribution is -2.43. The van der Waals surface area contributed by atoms with E-state index in [2.05, 4.69) is 17.6 Å². The average Bonchev–Trinajstić information content (AvgIpc) is 2.59. The number of fused-ring (bicyclic) bond motifs is 1. The minimum absolute atomic E-state index is 0.0433. The highest BCUT2D eigenvalue weighted by molar-refractivity contribution is 5.99. The van der Waals surface area contributed by atoms with Crippen molar-refractivity contribution < 1.29 is 14.3 Å². The molecular formula is C18H24N2O3. The molecule has 1 fully saturated rings. The van der Waals surface area contributed by atoms with Crippen molar-refractivity contribution in [2.24, 2.45) is 5.41 Å². The molecule has 2 aliphatic heterocycles. The van der Waals surface area contributed by atoms with Gasteiger partial charge in [0.25, 0.3) is 5.91 Å². The van der Waals surface area contributed by atoms with Gasteiger partial charge in [-0.1, -0.05) is 19.1 Å². The van der Waals surface area contributed by atoms with E-state index >= 15 is 0 Å². The molecule has 124 valence electrons. The molecule has 3 rings (SSSR count). The van der Waals surface area contributed by atoms with Crippen LogP contribution in [-0.2, 0) is 4.79 Å². The summed E-state index contributed by atoms with van der Waals surface area (Å²) in [5, 5.41) is 6.43. The second kappa shape index (κ2) is 6.62. The van der Waals surface area contributed by atoms with Gasteiger partial charge in [-0.25, -0.2) is 0 Å². The molecule has 23 heavy (non-hydrogen) atoms. The number of piperidine rings is 1. The summed E-state index contributed by atoms with van der Waals surface area (Å²) < 4.78 is 11.0. The molecule has 2 N–H and O–H groups in total. The number of para-hydroxylation sites is 1. The Morgan fingerprint density at radius 2 is 2.17 bits per heavy atom. The standard InChI is InChI=1S/C18H24N2O3/c1-18(6-8-19-9-7-18)12-20-17(21)14-10-13-4-3-5-15(22-2)16(13)23-11-14/h3-5,10,19H,6-9,11-12H2,1-2H3,(H,20,21). The highest BCUT2D eigenvalue weighted by atomic mass is 16.5. The fourth-order valence-corrected chi connectivity index (χ4v) is 3.09. The second-order valence-electron chi connectivity index (χ2n) is 6.58. The second-order valence-corrected chi connectivity index (χ2v) is 6.58. The Bertz CT molecular complexity index is 619. The van der Waals surface area contributed by atoms with Crippen LogP contribution in [0.3, 0.4) is 0 Å². The fraction of sp³-hybridized carbons (Fsp3) is 0.500. The van der Waals surface area contributed by atoms with E-state index in [9.17, 15) is 4.79 Å².